The Morgan fingerprint density at radius 3 is 2.38 bits per heavy atom. The van der Waals surface area contributed by atoms with Crippen molar-refractivity contribution in [3.05, 3.63) is 0 Å². The summed E-state index contributed by atoms with van der Waals surface area (Å²) in [4.78, 5) is 2.55. The van der Waals surface area contributed by atoms with E-state index < -0.39 is 10.0 Å². The molecule has 6 heteroatoms. The van der Waals surface area contributed by atoms with E-state index >= 15 is 0 Å². The van der Waals surface area contributed by atoms with Crippen molar-refractivity contribution in [3.63, 3.8) is 0 Å². The van der Waals surface area contributed by atoms with Gasteiger partial charge in [-0.25, -0.2) is 12.7 Å². The van der Waals surface area contributed by atoms with Crippen LogP contribution in [0.2, 0.25) is 0 Å². The highest BCUT2D eigenvalue weighted by Crippen LogP contribution is 2.22. The summed E-state index contributed by atoms with van der Waals surface area (Å²) in [5.41, 5.74) is 0. The maximum Gasteiger partial charge on any atom is 0.214 e. The molecule has 2 heterocycles. The minimum atomic E-state index is -3.03. The highest BCUT2D eigenvalue weighted by molar-refractivity contribution is 7.89. The summed E-state index contributed by atoms with van der Waals surface area (Å²) in [6.07, 6.45) is 5.44. The van der Waals surface area contributed by atoms with Gasteiger partial charge in [0.15, 0.2) is 0 Å². The van der Waals surface area contributed by atoms with E-state index in [0.717, 1.165) is 39.0 Å². The van der Waals surface area contributed by atoms with Gasteiger partial charge in [-0.15, -0.1) is 0 Å². The van der Waals surface area contributed by atoms with Crippen molar-refractivity contribution in [1.82, 2.24) is 14.5 Å². The summed E-state index contributed by atoms with van der Waals surface area (Å²) in [7, 11) is -3.03. The van der Waals surface area contributed by atoms with Crippen LogP contribution in [0.5, 0.6) is 0 Å². The van der Waals surface area contributed by atoms with Gasteiger partial charge in [0.2, 0.25) is 10.0 Å². The minimum Gasteiger partial charge on any atom is -0.317 e. The van der Waals surface area contributed by atoms with Crippen LogP contribution < -0.4 is 5.32 Å². The average Bonchev–Trinajstić information content (AvgIpc) is 2.97. The molecule has 2 saturated heterocycles. The first kappa shape index (κ1) is 17.2. The molecule has 21 heavy (non-hydrogen) atoms. The molecule has 0 bridgehead atoms. The number of piperidine rings is 1. The molecule has 0 aromatic heterocycles. The first-order valence-corrected chi connectivity index (χ1v) is 10.1. The summed E-state index contributed by atoms with van der Waals surface area (Å²) >= 11 is 0. The summed E-state index contributed by atoms with van der Waals surface area (Å²) in [5.74, 6) is 0.980. The van der Waals surface area contributed by atoms with E-state index in [1.54, 1.807) is 4.31 Å². The lowest BCUT2D eigenvalue weighted by molar-refractivity contribution is 0.206. The van der Waals surface area contributed by atoms with Crippen LogP contribution in [0, 0.1) is 5.92 Å². The van der Waals surface area contributed by atoms with Crippen LogP contribution in [0.3, 0.4) is 0 Å². The van der Waals surface area contributed by atoms with Crippen molar-refractivity contribution in [3.8, 4) is 0 Å². The minimum absolute atomic E-state index is 0.288. The number of rotatable bonds is 8. The van der Waals surface area contributed by atoms with Gasteiger partial charge >= 0.3 is 0 Å². The summed E-state index contributed by atoms with van der Waals surface area (Å²) in [6.45, 7) is 8.84. The number of likely N-dealkylation sites (tertiary alicyclic amines) is 1. The number of hydrogen-bond donors (Lipinski definition) is 1. The maximum atomic E-state index is 12.3. The second-order valence-corrected chi connectivity index (χ2v) is 8.46. The van der Waals surface area contributed by atoms with Crippen molar-refractivity contribution >= 4 is 10.0 Å². The smallest absolute Gasteiger partial charge is 0.214 e. The topological polar surface area (TPSA) is 52.7 Å². The predicted molar refractivity (Wildman–Crippen MR) is 86.9 cm³/mol. The molecule has 2 aliphatic heterocycles. The third kappa shape index (κ3) is 5.51. The Morgan fingerprint density at radius 2 is 1.76 bits per heavy atom. The van der Waals surface area contributed by atoms with Crippen LogP contribution in [0.4, 0.5) is 0 Å². The monoisotopic (exact) mass is 317 g/mol. The van der Waals surface area contributed by atoms with Crippen molar-refractivity contribution in [2.24, 2.45) is 5.92 Å². The van der Waals surface area contributed by atoms with Gasteiger partial charge in [-0.2, -0.15) is 0 Å². The highest BCUT2D eigenvalue weighted by atomic mass is 32.2. The Bertz CT molecular complexity index is 386. The van der Waals surface area contributed by atoms with Crippen LogP contribution >= 0.6 is 0 Å². The van der Waals surface area contributed by atoms with Gasteiger partial charge in [0.05, 0.1) is 5.75 Å². The van der Waals surface area contributed by atoms with Crippen molar-refractivity contribution < 1.29 is 8.42 Å². The molecule has 0 aromatic carbocycles. The molecule has 0 atom stereocenters. The molecular weight excluding hydrogens is 286 g/mol. The molecule has 0 aromatic rings. The predicted octanol–water partition coefficient (Wildman–Crippen LogP) is 1.12. The highest BCUT2D eigenvalue weighted by Gasteiger charge is 2.28. The zero-order valence-corrected chi connectivity index (χ0v) is 14.2. The lowest BCUT2D eigenvalue weighted by atomic mass is 9.98. The second kappa shape index (κ2) is 8.46. The fourth-order valence-corrected chi connectivity index (χ4v) is 4.92. The van der Waals surface area contributed by atoms with Crippen LogP contribution in [0.25, 0.3) is 0 Å². The molecule has 0 unspecified atom stereocenters. The normalized spacial score (nSPS) is 22.9. The molecule has 0 radical (unpaired) electrons. The van der Waals surface area contributed by atoms with Crippen LogP contribution in [0.1, 0.15) is 39.0 Å². The first-order valence-electron chi connectivity index (χ1n) is 8.52. The zero-order valence-electron chi connectivity index (χ0n) is 13.4. The van der Waals surface area contributed by atoms with E-state index in [2.05, 4.69) is 10.2 Å². The van der Waals surface area contributed by atoms with Gasteiger partial charge in [0.25, 0.3) is 0 Å². The van der Waals surface area contributed by atoms with Crippen LogP contribution in [-0.2, 0) is 10.0 Å². The Morgan fingerprint density at radius 1 is 1.10 bits per heavy atom. The molecule has 0 aliphatic carbocycles. The van der Waals surface area contributed by atoms with Crippen molar-refractivity contribution in [2.45, 2.75) is 39.0 Å². The van der Waals surface area contributed by atoms with E-state index in [0.29, 0.717) is 12.3 Å². The molecule has 124 valence electrons. The molecule has 0 spiro atoms. The number of sulfonamides is 1. The molecule has 2 aliphatic rings. The molecule has 2 rings (SSSR count). The van der Waals surface area contributed by atoms with E-state index in [1.165, 1.54) is 32.5 Å². The van der Waals surface area contributed by atoms with Gasteiger partial charge in [-0.1, -0.05) is 6.92 Å². The Balaban J connectivity index is 1.69. The molecular formula is C15H31N3O2S. The van der Waals surface area contributed by atoms with Gasteiger partial charge in [0.1, 0.15) is 0 Å². The molecule has 5 nitrogen and oxygen atoms in total. The largest absolute Gasteiger partial charge is 0.317 e. The maximum absolute atomic E-state index is 12.3. The van der Waals surface area contributed by atoms with Crippen LogP contribution in [-0.4, -0.2) is 69.2 Å². The lowest BCUT2D eigenvalue weighted by Gasteiger charge is -2.33. The van der Waals surface area contributed by atoms with E-state index in [1.807, 2.05) is 6.92 Å². The molecule has 0 amide bonds. The lowest BCUT2D eigenvalue weighted by Crippen LogP contribution is -2.42. The third-order valence-electron chi connectivity index (χ3n) is 4.69. The van der Waals surface area contributed by atoms with E-state index in [4.69, 9.17) is 0 Å². The third-order valence-corrected chi connectivity index (χ3v) is 6.64. The fourth-order valence-electron chi connectivity index (χ4n) is 3.39. The van der Waals surface area contributed by atoms with Gasteiger partial charge in [-0.3, -0.25) is 0 Å². The van der Waals surface area contributed by atoms with Gasteiger partial charge < -0.3 is 10.2 Å². The molecule has 1 N–H and O–H groups in total. The fraction of sp³-hybridized carbons (Fsp3) is 1.00. The SMILES string of the molecule is CCNCCCS(=O)(=O)N1CCC(CN2CCCC2)CC1. The zero-order chi connectivity index (χ0) is 15.1. The Hall–Kier alpha value is -0.170. The van der Waals surface area contributed by atoms with Crippen molar-refractivity contribution in [2.75, 3.05) is 51.6 Å². The standard InChI is InChI=1S/C15H31N3O2S/c1-2-16-8-5-13-21(19,20)18-11-6-15(7-12-18)14-17-9-3-4-10-17/h15-16H,2-14H2,1H3. The summed E-state index contributed by atoms with van der Waals surface area (Å²) in [5, 5.41) is 3.18. The summed E-state index contributed by atoms with van der Waals surface area (Å²) < 4.78 is 26.3. The van der Waals surface area contributed by atoms with Gasteiger partial charge in [-0.05, 0) is 64.2 Å². The second-order valence-electron chi connectivity index (χ2n) is 6.37. The quantitative estimate of drug-likeness (QED) is 0.682. The summed E-state index contributed by atoms with van der Waals surface area (Å²) in [6, 6.07) is 0. The number of nitrogens with one attached hydrogen (secondary N) is 1. The Kier molecular flexibility index (Phi) is 6.92. The number of nitrogens with zero attached hydrogens (tertiary/aromatic N) is 2. The number of hydrogen-bond acceptors (Lipinski definition) is 4. The Labute approximate surface area is 130 Å². The van der Waals surface area contributed by atoms with Crippen LogP contribution in [0.15, 0.2) is 0 Å². The molecule has 2 fully saturated rings. The van der Waals surface area contributed by atoms with Crippen molar-refractivity contribution in [1.29, 1.82) is 0 Å². The molecule has 0 saturated carbocycles. The first-order chi connectivity index (χ1) is 10.1. The van der Waals surface area contributed by atoms with Gasteiger partial charge in [0, 0.05) is 19.6 Å². The van der Waals surface area contributed by atoms with E-state index in [-0.39, 0.29) is 5.75 Å². The average molecular weight is 317 g/mol. The van der Waals surface area contributed by atoms with E-state index in [9.17, 15) is 8.42 Å².